The summed E-state index contributed by atoms with van der Waals surface area (Å²) in [5.74, 6) is 0.0802. The lowest BCUT2D eigenvalue weighted by atomic mass is 9.88. The summed E-state index contributed by atoms with van der Waals surface area (Å²) in [7, 11) is 0. The van der Waals surface area contributed by atoms with Crippen LogP contribution in [0.5, 0.6) is 0 Å². The van der Waals surface area contributed by atoms with Crippen LogP contribution in [-0.4, -0.2) is 24.0 Å². The number of amides is 1. The molecule has 0 bridgehead atoms. The summed E-state index contributed by atoms with van der Waals surface area (Å²) in [5.41, 5.74) is 4.11. The fraction of sp³-hybridized carbons (Fsp3) is 0.429. The first-order valence-corrected chi connectivity index (χ1v) is 8.63. The highest BCUT2D eigenvalue weighted by molar-refractivity contribution is 6.04. The van der Waals surface area contributed by atoms with Gasteiger partial charge in [0, 0.05) is 16.9 Å². The highest BCUT2D eigenvalue weighted by Crippen LogP contribution is 2.62. The molecule has 0 aromatic heterocycles. The van der Waals surface area contributed by atoms with Crippen molar-refractivity contribution >= 4 is 11.9 Å². The van der Waals surface area contributed by atoms with Crippen LogP contribution in [0.15, 0.2) is 53.1 Å². The molecule has 0 fully saturated rings. The highest BCUT2D eigenvalue weighted by atomic mass is 16.6. The predicted octanol–water partition coefficient (Wildman–Crippen LogP) is 3.92. The zero-order chi connectivity index (χ0) is 18.4. The third-order valence-electron chi connectivity index (χ3n) is 4.98. The van der Waals surface area contributed by atoms with Crippen LogP contribution in [0.4, 0.5) is 4.79 Å². The molecule has 0 aliphatic heterocycles. The van der Waals surface area contributed by atoms with Crippen molar-refractivity contribution < 1.29 is 14.3 Å². The second kappa shape index (κ2) is 5.87. The molecule has 1 N–H and O–H groups in total. The summed E-state index contributed by atoms with van der Waals surface area (Å²) < 4.78 is 5.15. The number of Topliss-reactive ketones (excluding diaryl/α,β-unsaturated/α-hetero) is 1. The van der Waals surface area contributed by atoms with E-state index in [-0.39, 0.29) is 23.7 Å². The molecule has 1 amide bonds. The Kier molecular flexibility index (Phi) is 4.10. The third kappa shape index (κ3) is 3.39. The first-order chi connectivity index (χ1) is 11.6. The van der Waals surface area contributed by atoms with Crippen LogP contribution in [-0.2, 0) is 14.9 Å². The van der Waals surface area contributed by atoms with Gasteiger partial charge in [-0.25, -0.2) is 4.79 Å². The molecule has 2 unspecified atom stereocenters. The Balaban J connectivity index is 1.54. The summed E-state index contributed by atoms with van der Waals surface area (Å²) in [6, 6.07) is 10.4. The number of ether oxygens (including phenoxy) is 1. The molecule has 4 heteroatoms. The Hall–Kier alpha value is -2.36. The third-order valence-corrected chi connectivity index (χ3v) is 4.98. The summed E-state index contributed by atoms with van der Waals surface area (Å²) in [5, 5.41) is 2.54. The van der Waals surface area contributed by atoms with Crippen molar-refractivity contribution in [2.75, 3.05) is 6.54 Å². The number of hydrogen-bond donors (Lipinski definition) is 1. The van der Waals surface area contributed by atoms with Gasteiger partial charge in [-0.1, -0.05) is 42.0 Å². The van der Waals surface area contributed by atoms with E-state index in [1.165, 1.54) is 16.7 Å². The maximum atomic E-state index is 12.3. The van der Waals surface area contributed by atoms with Crippen molar-refractivity contribution in [2.24, 2.45) is 5.92 Å². The van der Waals surface area contributed by atoms with Crippen molar-refractivity contribution in [1.29, 1.82) is 0 Å². The van der Waals surface area contributed by atoms with Gasteiger partial charge in [0.1, 0.15) is 5.60 Å². The molecular formula is C21H25NO3. The van der Waals surface area contributed by atoms with E-state index in [2.05, 4.69) is 31.3 Å². The molecule has 0 spiro atoms. The van der Waals surface area contributed by atoms with Crippen molar-refractivity contribution in [3.63, 3.8) is 0 Å². The van der Waals surface area contributed by atoms with E-state index in [0.717, 1.165) is 5.57 Å². The SMILES string of the molecule is CC1=C(C2C=C2C(=O)CNC(=O)OC(C)(C)C)C1(C)c1ccccc1. The van der Waals surface area contributed by atoms with E-state index in [1.807, 2.05) is 24.3 Å². The summed E-state index contributed by atoms with van der Waals surface area (Å²) in [6.45, 7) is 9.70. The number of carbonyl (C=O) groups is 2. The largest absolute Gasteiger partial charge is 0.444 e. The second-order valence-corrected chi connectivity index (χ2v) is 7.91. The lowest BCUT2D eigenvalue weighted by Crippen LogP contribution is -2.35. The fourth-order valence-electron chi connectivity index (χ4n) is 3.45. The first kappa shape index (κ1) is 17.5. The average Bonchev–Trinajstić information content (AvgIpc) is 3.41. The topological polar surface area (TPSA) is 55.4 Å². The van der Waals surface area contributed by atoms with E-state index in [1.54, 1.807) is 20.8 Å². The predicted molar refractivity (Wildman–Crippen MR) is 97.3 cm³/mol. The zero-order valence-electron chi connectivity index (χ0n) is 15.5. The highest BCUT2D eigenvalue weighted by Gasteiger charge is 2.54. The standard InChI is InChI=1S/C21H25NO3/c1-13-18(21(13,5)14-9-7-6-8-10-14)16-11-15(16)17(23)12-22-19(24)25-20(2,3)4/h6-11,16H,12H2,1-5H3,(H,22,24). The van der Waals surface area contributed by atoms with Gasteiger partial charge in [0.25, 0.3) is 0 Å². The van der Waals surface area contributed by atoms with Gasteiger partial charge < -0.3 is 10.1 Å². The van der Waals surface area contributed by atoms with Crippen LogP contribution in [0.25, 0.3) is 0 Å². The van der Waals surface area contributed by atoms with Gasteiger partial charge in [0.2, 0.25) is 0 Å². The summed E-state index contributed by atoms with van der Waals surface area (Å²) in [6.07, 6.45) is 1.43. The molecule has 1 aromatic carbocycles. The van der Waals surface area contributed by atoms with Gasteiger partial charge in [-0.3, -0.25) is 4.79 Å². The Morgan fingerprint density at radius 2 is 1.84 bits per heavy atom. The minimum atomic E-state index is -0.568. The monoisotopic (exact) mass is 339 g/mol. The van der Waals surface area contributed by atoms with E-state index < -0.39 is 11.7 Å². The van der Waals surface area contributed by atoms with Gasteiger partial charge in [-0.05, 0) is 45.8 Å². The Labute approximate surface area is 149 Å². The molecular weight excluding hydrogens is 314 g/mol. The minimum Gasteiger partial charge on any atom is -0.444 e. The number of benzene rings is 1. The average molecular weight is 339 g/mol. The lowest BCUT2D eigenvalue weighted by Gasteiger charge is -2.19. The molecule has 2 atom stereocenters. The van der Waals surface area contributed by atoms with E-state index >= 15 is 0 Å². The number of alkyl carbamates (subject to hydrolysis) is 1. The molecule has 3 rings (SSSR count). The smallest absolute Gasteiger partial charge is 0.408 e. The van der Waals surface area contributed by atoms with Gasteiger partial charge in [0.15, 0.2) is 5.78 Å². The van der Waals surface area contributed by atoms with Gasteiger partial charge in [-0.2, -0.15) is 0 Å². The molecule has 0 heterocycles. The maximum Gasteiger partial charge on any atom is 0.408 e. The Morgan fingerprint density at radius 3 is 2.44 bits per heavy atom. The zero-order valence-corrected chi connectivity index (χ0v) is 15.5. The number of carbonyl (C=O) groups excluding carboxylic acids is 2. The van der Waals surface area contributed by atoms with Crippen LogP contribution >= 0.6 is 0 Å². The fourth-order valence-corrected chi connectivity index (χ4v) is 3.45. The second-order valence-electron chi connectivity index (χ2n) is 7.91. The van der Waals surface area contributed by atoms with Crippen molar-refractivity contribution in [3.05, 3.63) is 58.7 Å². The molecule has 0 saturated carbocycles. The van der Waals surface area contributed by atoms with E-state index in [4.69, 9.17) is 4.74 Å². The van der Waals surface area contributed by atoms with Crippen molar-refractivity contribution in [2.45, 2.75) is 45.6 Å². The molecule has 4 nitrogen and oxygen atoms in total. The summed E-state index contributed by atoms with van der Waals surface area (Å²) >= 11 is 0. The van der Waals surface area contributed by atoms with Crippen LogP contribution in [0.1, 0.15) is 40.2 Å². The molecule has 0 radical (unpaired) electrons. The molecule has 132 valence electrons. The number of nitrogens with one attached hydrogen (secondary N) is 1. The van der Waals surface area contributed by atoms with Crippen LogP contribution in [0.3, 0.4) is 0 Å². The van der Waals surface area contributed by atoms with Crippen molar-refractivity contribution in [3.8, 4) is 0 Å². The molecule has 25 heavy (non-hydrogen) atoms. The van der Waals surface area contributed by atoms with Gasteiger partial charge >= 0.3 is 6.09 Å². The Bertz CT molecular complexity index is 783. The van der Waals surface area contributed by atoms with Crippen molar-refractivity contribution in [1.82, 2.24) is 5.32 Å². The molecule has 2 aliphatic carbocycles. The van der Waals surface area contributed by atoms with Crippen LogP contribution in [0.2, 0.25) is 0 Å². The van der Waals surface area contributed by atoms with Gasteiger partial charge in [0.05, 0.1) is 6.54 Å². The summed E-state index contributed by atoms with van der Waals surface area (Å²) in [4.78, 5) is 24.0. The van der Waals surface area contributed by atoms with Crippen LogP contribution in [0, 0.1) is 5.92 Å². The Morgan fingerprint density at radius 1 is 1.20 bits per heavy atom. The van der Waals surface area contributed by atoms with Gasteiger partial charge in [-0.15, -0.1) is 0 Å². The molecule has 2 aliphatic rings. The number of rotatable bonds is 5. The quantitative estimate of drug-likeness (QED) is 0.827. The van der Waals surface area contributed by atoms with Crippen LogP contribution < -0.4 is 5.32 Å². The minimum absolute atomic E-state index is 0.0222. The molecule has 1 aromatic rings. The normalized spacial score (nSPS) is 24.5. The number of ketones is 1. The van der Waals surface area contributed by atoms with E-state index in [0.29, 0.717) is 0 Å². The number of hydrogen-bond acceptors (Lipinski definition) is 3. The lowest BCUT2D eigenvalue weighted by molar-refractivity contribution is -0.114. The first-order valence-electron chi connectivity index (χ1n) is 8.63. The van der Waals surface area contributed by atoms with E-state index in [9.17, 15) is 9.59 Å². The molecule has 0 saturated heterocycles. The number of allylic oxidation sites excluding steroid dienone is 3. The maximum absolute atomic E-state index is 12.3.